The maximum absolute atomic E-state index is 12.4. The van der Waals surface area contributed by atoms with Gasteiger partial charge in [0.2, 0.25) is 11.8 Å². The van der Waals surface area contributed by atoms with Gasteiger partial charge in [-0.25, -0.2) is 4.79 Å². The molecule has 1 saturated heterocycles. The summed E-state index contributed by atoms with van der Waals surface area (Å²) < 4.78 is 9.70. The summed E-state index contributed by atoms with van der Waals surface area (Å²) >= 11 is 12.3. The van der Waals surface area contributed by atoms with Crippen LogP contribution < -0.4 is 10.1 Å². The first-order valence-electron chi connectivity index (χ1n) is 9.15. The molecule has 29 heavy (non-hydrogen) atoms. The first-order chi connectivity index (χ1) is 13.8. The first kappa shape index (κ1) is 23.0. The minimum Gasteiger partial charge on any atom is -0.495 e. The number of piperidine rings is 1. The first-order valence-corrected chi connectivity index (χ1v) is 9.91. The fourth-order valence-corrected chi connectivity index (χ4v) is 3.50. The highest BCUT2D eigenvalue weighted by molar-refractivity contribution is 6.43. The number of hydrogen-bond acceptors (Lipinski definition) is 5. The maximum atomic E-state index is 12.4. The number of benzene rings is 1. The van der Waals surface area contributed by atoms with Crippen molar-refractivity contribution in [3.05, 3.63) is 33.8 Å². The topological polar surface area (TPSA) is 84.9 Å². The van der Waals surface area contributed by atoms with Crippen LogP contribution in [0, 0.1) is 5.92 Å². The van der Waals surface area contributed by atoms with E-state index in [2.05, 4.69) is 10.1 Å². The number of amides is 2. The Balaban J connectivity index is 1.90. The van der Waals surface area contributed by atoms with Crippen LogP contribution in [0.4, 0.5) is 0 Å². The average molecular weight is 443 g/mol. The fraction of sp³-hybridized carbons (Fsp3) is 0.450. The lowest BCUT2D eigenvalue weighted by Crippen LogP contribution is -2.46. The molecule has 0 radical (unpaired) electrons. The van der Waals surface area contributed by atoms with Crippen molar-refractivity contribution in [3.63, 3.8) is 0 Å². The number of carbonyl (C=O) groups is 3. The van der Waals surface area contributed by atoms with E-state index in [-0.39, 0.29) is 22.8 Å². The zero-order valence-corrected chi connectivity index (χ0v) is 18.0. The molecule has 1 atom stereocenters. The quantitative estimate of drug-likeness (QED) is 0.540. The summed E-state index contributed by atoms with van der Waals surface area (Å²) in [5, 5.41) is 3.24. The van der Waals surface area contributed by atoms with E-state index in [0.29, 0.717) is 42.3 Å². The molecule has 1 N–H and O–H groups in total. The second-order valence-corrected chi connectivity index (χ2v) is 7.43. The molecule has 0 aromatic heterocycles. The van der Waals surface area contributed by atoms with E-state index in [1.54, 1.807) is 30.0 Å². The van der Waals surface area contributed by atoms with Crippen LogP contribution in [-0.2, 0) is 19.1 Å². The number of nitrogens with one attached hydrogen (secondary N) is 1. The van der Waals surface area contributed by atoms with Crippen molar-refractivity contribution in [2.75, 3.05) is 27.3 Å². The summed E-state index contributed by atoms with van der Waals surface area (Å²) in [6, 6.07) is 2.70. The standard InChI is InChI=1S/C20H24Cl2N2O5/c1-12(20(27)29-3)23-19(26)14-8-10-24(11-9-14)16(25)7-5-13-4-6-15(28-2)18(22)17(13)21/h4-7,12,14H,8-11H2,1-3H3,(H,23,26)/b7-5+/t12-/m0/s1. The predicted octanol–water partition coefficient (Wildman–Crippen LogP) is 2.93. The van der Waals surface area contributed by atoms with Crippen LogP contribution in [0.3, 0.4) is 0 Å². The molecule has 1 heterocycles. The largest absolute Gasteiger partial charge is 0.495 e. The van der Waals surface area contributed by atoms with Crippen LogP contribution in [-0.4, -0.2) is 56.0 Å². The molecule has 0 bridgehead atoms. The number of halogens is 2. The van der Waals surface area contributed by atoms with Crippen molar-refractivity contribution >= 4 is 47.1 Å². The summed E-state index contributed by atoms with van der Waals surface area (Å²) in [6.45, 7) is 2.47. The Labute approximate surface area is 179 Å². The number of hydrogen-bond donors (Lipinski definition) is 1. The van der Waals surface area contributed by atoms with Crippen molar-refractivity contribution in [2.24, 2.45) is 5.92 Å². The second-order valence-electron chi connectivity index (χ2n) is 6.67. The smallest absolute Gasteiger partial charge is 0.328 e. The summed E-state index contributed by atoms with van der Waals surface area (Å²) in [5.74, 6) is -0.652. The molecule has 7 nitrogen and oxygen atoms in total. The van der Waals surface area contributed by atoms with Gasteiger partial charge in [0.15, 0.2) is 0 Å². The van der Waals surface area contributed by atoms with Gasteiger partial charge in [-0.3, -0.25) is 9.59 Å². The van der Waals surface area contributed by atoms with Gasteiger partial charge in [0.05, 0.1) is 19.2 Å². The lowest BCUT2D eigenvalue weighted by molar-refractivity contribution is -0.145. The minimum absolute atomic E-state index is 0.171. The van der Waals surface area contributed by atoms with Crippen molar-refractivity contribution in [1.82, 2.24) is 10.2 Å². The van der Waals surface area contributed by atoms with Gasteiger partial charge in [0, 0.05) is 25.1 Å². The number of likely N-dealkylation sites (tertiary alicyclic amines) is 1. The van der Waals surface area contributed by atoms with Crippen molar-refractivity contribution in [2.45, 2.75) is 25.8 Å². The molecule has 1 aliphatic rings. The van der Waals surface area contributed by atoms with E-state index in [1.807, 2.05) is 0 Å². The van der Waals surface area contributed by atoms with Gasteiger partial charge < -0.3 is 19.7 Å². The number of carbonyl (C=O) groups excluding carboxylic acids is 3. The van der Waals surface area contributed by atoms with E-state index in [4.69, 9.17) is 27.9 Å². The molecule has 0 saturated carbocycles. The molecule has 1 fully saturated rings. The van der Waals surface area contributed by atoms with Crippen LogP contribution in [0.5, 0.6) is 5.75 Å². The molecule has 2 amide bonds. The van der Waals surface area contributed by atoms with Gasteiger partial charge in [0.25, 0.3) is 0 Å². The third-order valence-corrected chi connectivity index (χ3v) is 5.67. The van der Waals surface area contributed by atoms with Gasteiger partial charge >= 0.3 is 5.97 Å². The summed E-state index contributed by atoms with van der Waals surface area (Å²) in [7, 11) is 2.77. The molecule has 0 spiro atoms. The van der Waals surface area contributed by atoms with Crippen LogP contribution in [0.25, 0.3) is 6.08 Å². The lowest BCUT2D eigenvalue weighted by Gasteiger charge is -2.31. The number of methoxy groups -OCH3 is 2. The monoisotopic (exact) mass is 442 g/mol. The molecule has 158 valence electrons. The molecular formula is C20H24Cl2N2O5. The van der Waals surface area contributed by atoms with Crippen LogP contribution in [0.2, 0.25) is 10.0 Å². The van der Waals surface area contributed by atoms with Crippen molar-refractivity contribution in [1.29, 1.82) is 0 Å². The molecule has 1 aliphatic heterocycles. The third kappa shape index (κ3) is 5.87. The highest BCUT2D eigenvalue weighted by Crippen LogP contribution is 2.35. The number of esters is 1. The maximum Gasteiger partial charge on any atom is 0.328 e. The van der Waals surface area contributed by atoms with E-state index in [0.717, 1.165) is 0 Å². The van der Waals surface area contributed by atoms with Crippen molar-refractivity contribution < 1.29 is 23.9 Å². The lowest BCUT2D eigenvalue weighted by atomic mass is 9.95. The molecule has 1 aromatic rings. The van der Waals surface area contributed by atoms with Crippen LogP contribution in [0.15, 0.2) is 18.2 Å². The number of nitrogens with zero attached hydrogens (tertiary/aromatic N) is 1. The highest BCUT2D eigenvalue weighted by Gasteiger charge is 2.28. The van der Waals surface area contributed by atoms with Gasteiger partial charge in [-0.05, 0) is 43.5 Å². The number of ether oxygens (including phenoxy) is 2. The van der Waals surface area contributed by atoms with E-state index >= 15 is 0 Å². The second kappa shape index (κ2) is 10.5. The molecule has 2 rings (SSSR count). The summed E-state index contributed by atoms with van der Waals surface area (Å²) in [5.41, 5.74) is 0.608. The Kier molecular flexibility index (Phi) is 8.34. The zero-order valence-electron chi connectivity index (χ0n) is 16.5. The minimum atomic E-state index is -0.698. The average Bonchev–Trinajstić information content (AvgIpc) is 2.73. The Bertz CT molecular complexity index is 804. The van der Waals surface area contributed by atoms with Crippen molar-refractivity contribution in [3.8, 4) is 5.75 Å². The Morgan fingerprint density at radius 3 is 2.41 bits per heavy atom. The third-order valence-electron chi connectivity index (χ3n) is 4.79. The molecule has 1 aromatic carbocycles. The Morgan fingerprint density at radius 1 is 1.17 bits per heavy atom. The van der Waals surface area contributed by atoms with Crippen LogP contribution in [0.1, 0.15) is 25.3 Å². The van der Waals surface area contributed by atoms with Gasteiger partial charge in [-0.15, -0.1) is 0 Å². The molecule has 9 heteroatoms. The Hall–Kier alpha value is -2.25. The van der Waals surface area contributed by atoms with Gasteiger partial charge in [-0.1, -0.05) is 23.2 Å². The highest BCUT2D eigenvalue weighted by atomic mass is 35.5. The molecule has 0 unspecified atom stereocenters. The van der Waals surface area contributed by atoms with Gasteiger partial charge in [0.1, 0.15) is 16.8 Å². The Morgan fingerprint density at radius 2 is 1.83 bits per heavy atom. The summed E-state index contributed by atoms with van der Waals surface area (Å²) in [4.78, 5) is 37.8. The molecular weight excluding hydrogens is 419 g/mol. The van der Waals surface area contributed by atoms with E-state index < -0.39 is 12.0 Å². The SMILES string of the molecule is COC(=O)[C@H](C)NC(=O)C1CCN(C(=O)/C=C/c2ccc(OC)c(Cl)c2Cl)CC1. The zero-order chi connectivity index (χ0) is 21.6. The predicted molar refractivity (Wildman–Crippen MR) is 111 cm³/mol. The van der Waals surface area contributed by atoms with Gasteiger partial charge in [-0.2, -0.15) is 0 Å². The number of rotatable bonds is 6. The summed E-state index contributed by atoms with van der Waals surface area (Å²) in [6.07, 6.45) is 4.08. The van der Waals surface area contributed by atoms with Crippen LogP contribution >= 0.6 is 23.2 Å². The normalized spacial score (nSPS) is 15.8. The van der Waals surface area contributed by atoms with E-state index in [1.165, 1.54) is 20.3 Å². The fourth-order valence-electron chi connectivity index (χ4n) is 3.03. The molecule has 0 aliphatic carbocycles. The van der Waals surface area contributed by atoms with E-state index in [9.17, 15) is 14.4 Å².